The predicted molar refractivity (Wildman–Crippen MR) is 49.3 cm³/mol. The predicted octanol–water partition coefficient (Wildman–Crippen LogP) is 0.0967. The highest BCUT2D eigenvalue weighted by atomic mass is 16.2. The normalized spacial score (nSPS) is 15.8. The lowest BCUT2D eigenvalue weighted by Crippen LogP contribution is -2.54. The zero-order valence-electron chi connectivity index (χ0n) is 8.35. The van der Waals surface area contributed by atoms with Gasteiger partial charge in [0.2, 0.25) is 0 Å². The van der Waals surface area contributed by atoms with Crippen LogP contribution in [0, 0.1) is 0 Å². The fourth-order valence-electron chi connectivity index (χ4n) is 0.964. The molecule has 12 heavy (non-hydrogen) atoms. The highest BCUT2D eigenvalue weighted by Crippen LogP contribution is 2.07. The molecule has 0 aromatic heterocycles. The SMILES string of the molecule is CCCC(C)(N)C(=O)NN(C)C. The second-order valence-corrected chi connectivity index (χ2v) is 3.50. The van der Waals surface area contributed by atoms with Gasteiger partial charge < -0.3 is 5.73 Å². The molecular weight excluding hydrogens is 154 g/mol. The molecule has 72 valence electrons. The minimum atomic E-state index is -0.751. The lowest BCUT2D eigenvalue weighted by molar-refractivity contribution is -0.129. The second kappa shape index (κ2) is 4.42. The molecule has 1 atom stereocenters. The molecule has 0 aromatic rings. The van der Waals surface area contributed by atoms with Crippen molar-refractivity contribution < 1.29 is 4.79 Å². The number of nitrogens with zero attached hydrogens (tertiary/aromatic N) is 1. The quantitative estimate of drug-likeness (QED) is 0.593. The van der Waals surface area contributed by atoms with Crippen LogP contribution < -0.4 is 11.2 Å². The highest BCUT2D eigenvalue weighted by molar-refractivity contribution is 5.85. The van der Waals surface area contributed by atoms with Gasteiger partial charge >= 0.3 is 0 Å². The van der Waals surface area contributed by atoms with E-state index in [1.54, 1.807) is 26.0 Å². The van der Waals surface area contributed by atoms with E-state index in [4.69, 9.17) is 5.73 Å². The zero-order chi connectivity index (χ0) is 9.78. The maximum Gasteiger partial charge on any atom is 0.254 e. The Kier molecular flexibility index (Phi) is 4.20. The van der Waals surface area contributed by atoms with Crippen LogP contribution in [0.15, 0.2) is 0 Å². The molecule has 4 nitrogen and oxygen atoms in total. The van der Waals surface area contributed by atoms with E-state index in [1.807, 2.05) is 6.92 Å². The summed E-state index contributed by atoms with van der Waals surface area (Å²) in [5.41, 5.74) is 7.67. The number of rotatable bonds is 4. The molecule has 0 heterocycles. The third kappa shape index (κ3) is 3.69. The standard InChI is InChI=1S/C8H19N3O/c1-5-6-8(2,9)7(12)10-11(3)4/h5-6,9H2,1-4H3,(H,10,12). The van der Waals surface area contributed by atoms with E-state index in [2.05, 4.69) is 5.43 Å². The van der Waals surface area contributed by atoms with Crippen molar-refractivity contribution in [3.05, 3.63) is 0 Å². The molecule has 0 fully saturated rings. The van der Waals surface area contributed by atoms with Crippen LogP contribution >= 0.6 is 0 Å². The number of nitrogens with one attached hydrogen (secondary N) is 1. The smallest absolute Gasteiger partial charge is 0.254 e. The van der Waals surface area contributed by atoms with Gasteiger partial charge in [-0.25, -0.2) is 5.01 Å². The van der Waals surface area contributed by atoms with Crippen molar-refractivity contribution >= 4 is 5.91 Å². The van der Waals surface area contributed by atoms with Crippen LogP contribution in [0.25, 0.3) is 0 Å². The molecule has 0 radical (unpaired) electrons. The second-order valence-electron chi connectivity index (χ2n) is 3.50. The summed E-state index contributed by atoms with van der Waals surface area (Å²) in [6.45, 7) is 3.75. The van der Waals surface area contributed by atoms with Gasteiger partial charge in [-0.3, -0.25) is 10.2 Å². The Balaban J connectivity index is 4.06. The molecule has 0 rings (SSSR count). The summed E-state index contributed by atoms with van der Waals surface area (Å²) in [5, 5.41) is 1.60. The van der Waals surface area contributed by atoms with Crippen molar-refractivity contribution in [2.75, 3.05) is 14.1 Å². The molecule has 0 spiro atoms. The number of carbonyl (C=O) groups is 1. The Bertz CT molecular complexity index is 154. The van der Waals surface area contributed by atoms with Crippen molar-refractivity contribution in [2.45, 2.75) is 32.2 Å². The first-order valence-corrected chi connectivity index (χ1v) is 4.17. The van der Waals surface area contributed by atoms with Crippen LogP contribution in [0.3, 0.4) is 0 Å². The molecule has 0 aliphatic rings. The third-order valence-electron chi connectivity index (χ3n) is 1.61. The van der Waals surface area contributed by atoms with Gasteiger partial charge in [0, 0.05) is 14.1 Å². The lowest BCUT2D eigenvalue weighted by Gasteiger charge is -2.24. The molecular formula is C8H19N3O. The average molecular weight is 173 g/mol. The number of amides is 1. The van der Waals surface area contributed by atoms with Gasteiger partial charge in [0.25, 0.3) is 5.91 Å². The zero-order valence-corrected chi connectivity index (χ0v) is 8.35. The van der Waals surface area contributed by atoms with Gasteiger partial charge in [-0.1, -0.05) is 13.3 Å². The molecule has 4 heteroatoms. The van der Waals surface area contributed by atoms with Crippen LogP contribution in [0.4, 0.5) is 0 Å². The molecule has 1 unspecified atom stereocenters. The fourth-order valence-corrected chi connectivity index (χ4v) is 0.964. The van der Waals surface area contributed by atoms with E-state index in [-0.39, 0.29) is 5.91 Å². The van der Waals surface area contributed by atoms with Crippen molar-refractivity contribution in [1.29, 1.82) is 0 Å². The molecule has 0 aromatic carbocycles. The van der Waals surface area contributed by atoms with Gasteiger partial charge in [-0.05, 0) is 13.3 Å². The number of hydrogen-bond acceptors (Lipinski definition) is 3. The molecule has 0 saturated carbocycles. The van der Waals surface area contributed by atoms with Crippen LogP contribution in [0.1, 0.15) is 26.7 Å². The lowest BCUT2D eigenvalue weighted by atomic mass is 9.97. The van der Waals surface area contributed by atoms with E-state index in [9.17, 15) is 4.79 Å². The summed E-state index contributed by atoms with van der Waals surface area (Å²) in [6.07, 6.45) is 1.61. The minimum Gasteiger partial charge on any atom is -0.318 e. The minimum absolute atomic E-state index is 0.130. The maximum atomic E-state index is 11.4. The summed E-state index contributed by atoms with van der Waals surface area (Å²) in [7, 11) is 3.53. The van der Waals surface area contributed by atoms with Gasteiger partial charge in [0.15, 0.2) is 0 Å². The Hall–Kier alpha value is -0.610. The third-order valence-corrected chi connectivity index (χ3v) is 1.61. The van der Waals surface area contributed by atoms with E-state index in [0.717, 1.165) is 6.42 Å². The van der Waals surface area contributed by atoms with E-state index >= 15 is 0 Å². The largest absolute Gasteiger partial charge is 0.318 e. The van der Waals surface area contributed by atoms with Gasteiger partial charge in [-0.2, -0.15) is 0 Å². The Morgan fingerprint density at radius 2 is 2.08 bits per heavy atom. The first-order chi connectivity index (χ1) is 5.40. The molecule has 1 amide bonds. The number of carbonyl (C=O) groups excluding carboxylic acids is 1. The maximum absolute atomic E-state index is 11.4. The summed E-state index contributed by atoms with van der Waals surface area (Å²) in [4.78, 5) is 11.4. The molecule has 3 N–H and O–H groups in total. The Morgan fingerprint density at radius 3 is 2.42 bits per heavy atom. The van der Waals surface area contributed by atoms with Gasteiger partial charge in [-0.15, -0.1) is 0 Å². The molecule has 0 aliphatic carbocycles. The number of nitrogens with two attached hydrogens (primary N) is 1. The van der Waals surface area contributed by atoms with E-state index < -0.39 is 5.54 Å². The molecule has 0 bridgehead atoms. The Morgan fingerprint density at radius 1 is 1.58 bits per heavy atom. The Labute approximate surface area is 74.1 Å². The van der Waals surface area contributed by atoms with Crippen LogP contribution in [-0.2, 0) is 4.79 Å². The summed E-state index contributed by atoms with van der Waals surface area (Å²) >= 11 is 0. The fraction of sp³-hybridized carbons (Fsp3) is 0.875. The van der Waals surface area contributed by atoms with Crippen LogP contribution in [0.2, 0.25) is 0 Å². The van der Waals surface area contributed by atoms with Crippen molar-refractivity contribution in [3.63, 3.8) is 0 Å². The molecule has 0 saturated heterocycles. The highest BCUT2D eigenvalue weighted by Gasteiger charge is 2.27. The topological polar surface area (TPSA) is 58.4 Å². The average Bonchev–Trinajstić information content (AvgIpc) is 1.85. The van der Waals surface area contributed by atoms with Crippen molar-refractivity contribution in [1.82, 2.24) is 10.4 Å². The van der Waals surface area contributed by atoms with Gasteiger partial charge in [0.05, 0.1) is 5.54 Å². The monoisotopic (exact) mass is 173 g/mol. The summed E-state index contributed by atoms with van der Waals surface area (Å²) in [5.74, 6) is -0.130. The van der Waals surface area contributed by atoms with Crippen molar-refractivity contribution in [3.8, 4) is 0 Å². The first-order valence-electron chi connectivity index (χ1n) is 4.17. The summed E-state index contributed by atoms with van der Waals surface area (Å²) < 4.78 is 0. The van der Waals surface area contributed by atoms with E-state index in [0.29, 0.717) is 6.42 Å². The molecule has 0 aliphatic heterocycles. The number of hydrazine groups is 1. The van der Waals surface area contributed by atoms with Gasteiger partial charge in [0.1, 0.15) is 0 Å². The van der Waals surface area contributed by atoms with Crippen molar-refractivity contribution in [2.24, 2.45) is 5.73 Å². The van der Waals surface area contributed by atoms with Crippen LogP contribution in [-0.4, -0.2) is 30.6 Å². The van der Waals surface area contributed by atoms with E-state index in [1.165, 1.54) is 0 Å². The number of hydrogen-bond donors (Lipinski definition) is 2. The summed E-state index contributed by atoms with van der Waals surface area (Å²) in [6, 6.07) is 0. The first kappa shape index (κ1) is 11.4. The van der Waals surface area contributed by atoms with Crippen LogP contribution in [0.5, 0.6) is 0 Å².